The molecule has 31 heavy (non-hydrogen) atoms. The van der Waals surface area contributed by atoms with E-state index in [1.54, 1.807) is 55.5 Å². The fraction of sp³-hybridized carbons (Fsp3) is 0.409. The van der Waals surface area contributed by atoms with Crippen LogP contribution in [-0.2, 0) is 4.79 Å². The highest BCUT2D eigenvalue weighted by molar-refractivity contribution is 6.02. The lowest BCUT2D eigenvalue weighted by molar-refractivity contribution is -0.123. The summed E-state index contributed by atoms with van der Waals surface area (Å²) in [6, 6.07) is 10.9. The molecule has 4 rings (SSSR count). The Kier molecular flexibility index (Phi) is 6.18. The van der Waals surface area contributed by atoms with Crippen LogP contribution in [0.2, 0.25) is 0 Å². The zero-order valence-corrected chi connectivity index (χ0v) is 18.5. The van der Waals surface area contributed by atoms with Crippen molar-refractivity contribution in [2.75, 3.05) is 24.3 Å². The summed E-state index contributed by atoms with van der Waals surface area (Å²) in [5.74, 6) is 0.765. The molecule has 2 heterocycles. The van der Waals surface area contributed by atoms with E-state index in [0.29, 0.717) is 23.8 Å². The summed E-state index contributed by atoms with van der Waals surface area (Å²) in [6.45, 7) is 1.95. The maximum atomic E-state index is 13.2. The first-order valence-electron chi connectivity index (χ1n) is 10.0. The molecule has 0 unspecified atom stereocenters. The Balaban J connectivity index is 0.00000272. The number of carbonyl (C=O) groups is 2. The van der Waals surface area contributed by atoms with Gasteiger partial charge in [-0.3, -0.25) is 14.5 Å². The number of halogens is 1. The third-order valence-corrected chi connectivity index (χ3v) is 5.81. The van der Waals surface area contributed by atoms with Gasteiger partial charge in [0.2, 0.25) is 11.9 Å². The molecule has 2 atom stereocenters. The molecule has 1 aliphatic heterocycles. The predicted molar refractivity (Wildman–Crippen MR) is 119 cm³/mol. The lowest BCUT2D eigenvalue weighted by atomic mass is 9.81. The highest BCUT2D eigenvalue weighted by Crippen LogP contribution is 2.53. The normalized spacial score (nSPS) is 22.5. The van der Waals surface area contributed by atoms with Crippen molar-refractivity contribution in [3.63, 3.8) is 0 Å². The Morgan fingerprint density at radius 3 is 2.52 bits per heavy atom. The Morgan fingerprint density at radius 2 is 1.94 bits per heavy atom. The second kappa shape index (κ2) is 8.52. The Labute approximate surface area is 187 Å². The standard InChI is InChI=1S/C22H24N6O2.ClH/c1-14-12-22(13-23,16-6-7-16)20(30)28(14)18-10-11-24-21(26-18)25-17-8-4-15(5-9-17)19(29)27(2)3;/h4-5,8-11,14,16H,6-7,12H2,1-3H3,(H,24,25,26);1H/t14-,22-;/m1./s1. The molecule has 1 saturated heterocycles. The third kappa shape index (κ3) is 4.06. The van der Waals surface area contributed by atoms with E-state index in [-0.39, 0.29) is 36.2 Å². The second-order valence-electron chi connectivity index (χ2n) is 8.23. The summed E-state index contributed by atoms with van der Waals surface area (Å²) >= 11 is 0. The molecule has 1 aromatic heterocycles. The molecule has 0 bridgehead atoms. The van der Waals surface area contributed by atoms with E-state index < -0.39 is 5.41 Å². The van der Waals surface area contributed by atoms with Crippen molar-refractivity contribution in [2.45, 2.75) is 32.2 Å². The van der Waals surface area contributed by atoms with Gasteiger partial charge in [0.15, 0.2) is 0 Å². The maximum absolute atomic E-state index is 13.2. The first-order valence-corrected chi connectivity index (χ1v) is 10.0. The van der Waals surface area contributed by atoms with Gasteiger partial charge in [0.1, 0.15) is 11.2 Å². The summed E-state index contributed by atoms with van der Waals surface area (Å²) in [5, 5.41) is 12.9. The summed E-state index contributed by atoms with van der Waals surface area (Å²) in [6.07, 6.45) is 3.99. The number of nitrogens with zero attached hydrogens (tertiary/aromatic N) is 5. The van der Waals surface area contributed by atoms with Crippen LogP contribution < -0.4 is 10.2 Å². The smallest absolute Gasteiger partial charge is 0.253 e. The Morgan fingerprint density at radius 1 is 1.26 bits per heavy atom. The number of amides is 2. The Bertz CT molecular complexity index is 1030. The van der Waals surface area contributed by atoms with Gasteiger partial charge in [-0.05, 0) is 62.4 Å². The van der Waals surface area contributed by atoms with E-state index in [1.807, 2.05) is 6.92 Å². The van der Waals surface area contributed by atoms with Gasteiger partial charge in [0.25, 0.3) is 5.91 Å². The van der Waals surface area contributed by atoms with Crippen molar-refractivity contribution in [1.82, 2.24) is 14.9 Å². The van der Waals surface area contributed by atoms with Crippen LogP contribution in [0.3, 0.4) is 0 Å². The van der Waals surface area contributed by atoms with Crippen molar-refractivity contribution in [3.8, 4) is 6.07 Å². The largest absolute Gasteiger partial charge is 0.345 e. The molecule has 0 radical (unpaired) electrons. The van der Waals surface area contributed by atoms with Gasteiger partial charge in [-0.1, -0.05) is 0 Å². The molecule has 1 N–H and O–H groups in total. The first-order chi connectivity index (χ1) is 14.4. The van der Waals surface area contributed by atoms with Crippen LogP contribution in [0.25, 0.3) is 0 Å². The molecule has 2 aliphatic rings. The molecular formula is C22H25ClN6O2. The van der Waals surface area contributed by atoms with Gasteiger partial charge >= 0.3 is 0 Å². The zero-order valence-electron chi connectivity index (χ0n) is 17.7. The van der Waals surface area contributed by atoms with E-state index in [4.69, 9.17) is 0 Å². The molecule has 1 aliphatic carbocycles. The number of aromatic nitrogens is 2. The topological polar surface area (TPSA) is 102 Å². The zero-order chi connectivity index (χ0) is 21.5. The van der Waals surface area contributed by atoms with Crippen LogP contribution in [0.15, 0.2) is 36.5 Å². The van der Waals surface area contributed by atoms with Crippen molar-refractivity contribution >= 4 is 41.7 Å². The summed E-state index contributed by atoms with van der Waals surface area (Å²) in [5.41, 5.74) is 0.393. The van der Waals surface area contributed by atoms with Crippen molar-refractivity contribution < 1.29 is 9.59 Å². The molecule has 162 valence electrons. The SMILES string of the molecule is C[C@@H]1C[C@@](C#N)(C2CC2)C(=O)N1c1ccnc(Nc2ccc(C(=O)N(C)C)cc2)n1.Cl. The second-order valence-corrected chi connectivity index (χ2v) is 8.23. The average Bonchev–Trinajstić information content (AvgIpc) is 3.54. The molecule has 2 fully saturated rings. The van der Waals surface area contributed by atoms with Gasteiger partial charge in [-0.15, -0.1) is 12.4 Å². The van der Waals surface area contributed by atoms with Crippen LogP contribution in [-0.4, -0.2) is 46.8 Å². The van der Waals surface area contributed by atoms with Gasteiger partial charge < -0.3 is 10.2 Å². The monoisotopic (exact) mass is 440 g/mol. The summed E-state index contributed by atoms with van der Waals surface area (Å²) in [7, 11) is 3.41. The highest BCUT2D eigenvalue weighted by atomic mass is 35.5. The number of rotatable bonds is 5. The van der Waals surface area contributed by atoms with E-state index in [1.165, 1.54) is 4.90 Å². The predicted octanol–water partition coefficient (Wildman–Crippen LogP) is 3.39. The van der Waals surface area contributed by atoms with Gasteiger partial charge in [0, 0.05) is 37.6 Å². The minimum absolute atomic E-state index is 0. The Hall–Kier alpha value is -3.18. The average molecular weight is 441 g/mol. The molecule has 1 saturated carbocycles. The molecule has 2 aromatic rings. The fourth-order valence-electron chi connectivity index (χ4n) is 4.12. The number of carbonyl (C=O) groups excluding carboxylic acids is 2. The lowest BCUT2D eigenvalue weighted by Crippen LogP contribution is -2.37. The summed E-state index contributed by atoms with van der Waals surface area (Å²) < 4.78 is 0. The third-order valence-electron chi connectivity index (χ3n) is 5.81. The van der Waals surface area contributed by atoms with Crippen molar-refractivity contribution in [3.05, 3.63) is 42.1 Å². The molecule has 1 aromatic carbocycles. The minimum atomic E-state index is -0.924. The van der Waals surface area contributed by atoms with Crippen LogP contribution in [0.5, 0.6) is 0 Å². The number of nitrogens with one attached hydrogen (secondary N) is 1. The van der Waals surface area contributed by atoms with Gasteiger partial charge in [-0.25, -0.2) is 4.98 Å². The number of hydrogen-bond acceptors (Lipinski definition) is 6. The highest BCUT2D eigenvalue weighted by Gasteiger charge is 2.59. The summed E-state index contributed by atoms with van der Waals surface area (Å²) in [4.78, 5) is 37.1. The molecular weight excluding hydrogens is 416 g/mol. The van der Waals surface area contributed by atoms with E-state index in [0.717, 1.165) is 18.5 Å². The molecule has 0 spiro atoms. The van der Waals surface area contributed by atoms with E-state index >= 15 is 0 Å². The van der Waals surface area contributed by atoms with Crippen molar-refractivity contribution in [2.24, 2.45) is 11.3 Å². The number of hydrogen-bond donors (Lipinski definition) is 1. The van der Waals surface area contributed by atoms with Crippen LogP contribution in [0.4, 0.5) is 17.5 Å². The molecule has 9 heteroatoms. The van der Waals surface area contributed by atoms with Gasteiger partial charge in [0.05, 0.1) is 6.07 Å². The number of benzene rings is 1. The van der Waals surface area contributed by atoms with Gasteiger partial charge in [-0.2, -0.15) is 10.2 Å². The van der Waals surface area contributed by atoms with Crippen molar-refractivity contribution in [1.29, 1.82) is 5.26 Å². The molecule has 2 amide bonds. The molecule has 8 nitrogen and oxygen atoms in total. The lowest BCUT2D eigenvalue weighted by Gasteiger charge is -2.22. The fourth-order valence-corrected chi connectivity index (χ4v) is 4.12. The number of anilines is 3. The number of nitriles is 1. The van der Waals surface area contributed by atoms with E-state index in [9.17, 15) is 14.9 Å². The minimum Gasteiger partial charge on any atom is -0.345 e. The van der Waals surface area contributed by atoms with Crippen LogP contribution in [0, 0.1) is 22.7 Å². The quantitative estimate of drug-likeness (QED) is 0.764. The first kappa shape index (κ1) is 22.5. The van der Waals surface area contributed by atoms with Crippen LogP contribution >= 0.6 is 12.4 Å². The van der Waals surface area contributed by atoms with E-state index in [2.05, 4.69) is 21.4 Å². The van der Waals surface area contributed by atoms with Crippen LogP contribution in [0.1, 0.15) is 36.5 Å². The maximum Gasteiger partial charge on any atom is 0.253 e.